The molecule has 0 atom stereocenters. The van der Waals surface area contributed by atoms with Gasteiger partial charge in [-0.3, -0.25) is 4.79 Å². The molecule has 0 aliphatic carbocycles. The van der Waals surface area contributed by atoms with E-state index in [2.05, 4.69) is 33.6 Å². The lowest BCUT2D eigenvalue weighted by Crippen LogP contribution is -2.22. The molecule has 152 valence electrons. The van der Waals surface area contributed by atoms with Crippen LogP contribution < -0.4 is 10.6 Å². The molecule has 4 rings (SSSR count). The Bertz CT molecular complexity index is 1150. The SMILES string of the molecule is CCc1cc2c(NCc3ccc(C(=O)NCc4ccccc4)cc3)nc(C)nc2s1. The van der Waals surface area contributed by atoms with Gasteiger partial charge in [0.25, 0.3) is 5.91 Å². The van der Waals surface area contributed by atoms with E-state index >= 15 is 0 Å². The van der Waals surface area contributed by atoms with E-state index in [1.165, 1.54) is 4.88 Å². The molecule has 6 heteroatoms. The van der Waals surface area contributed by atoms with Crippen molar-refractivity contribution in [2.24, 2.45) is 0 Å². The van der Waals surface area contributed by atoms with Gasteiger partial charge in [0.15, 0.2) is 0 Å². The summed E-state index contributed by atoms with van der Waals surface area (Å²) in [5.74, 6) is 1.55. The number of anilines is 1. The third-order valence-electron chi connectivity index (χ3n) is 4.88. The second kappa shape index (κ2) is 9.05. The first-order valence-corrected chi connectivity index (χ1v) is 10.9. The molecule has 0 aliphatic rings. The van der Waals surface area contributed by atoms with Gasteiger partial charge in [-0.15, -0.1) is 11.3 Å². The van der Waals surface area contributed by atoms with Crippen LogP contribution in [0.15, 0.2) is 60.7 Å². The fourth-order valence-corrected chi connectivity index (χ4v) is 4.24. The van der Waals surface area contributed by atoms with E-state index in [9.17, 15) is 4.79 Å². The van der Waals surface area contributed by atoms with Crippen LogP contribution in [0.5, 0.6) is 0 Å². The average molecular weight is 417 g/mol. The minimum atomic E-state index is -0.0723. The number of hydrogen-bond donors (Lipinski definition) is 2. The van der Waals surface area contributed by atoms with Crippen LogP contribution in [0.25, 0.3) is 10.2 Å². The number of hydrogen-bond acceptors (Lipinski definition) is 5. The lowest BCUT2D eigenvalue weighted by Gasteiger charge is -2.09. The minimum Gasteiger partial charge on any atom is -0.365 e. The third-order valence-corrected chi connectivity index (χ3v) is 6.05. The van der Waals surface area contributed by atoms with Crippen molar-refractivity contribution in [2.45, 2.75) is 33.4 Å². The van der Waals surface area contributed by atoms with Crippen molar-refractivity contribution < 1.29 is 4.79 Å². The van der Waals surface area contributed by atoms with Gasteiger partial charge in [-0.2, -0.15) is 0 Å². The average Bonchev–Trinajstić information content (AvgIpc) is 3.20. The number of benzene rings is 2. The largest absolute Gasteiger partial charge is 0.365 e. The number of aryl methyl sites for hydroxylation is 2. The first-order valence-electron chi connectivity index (χ1n) is 10.0. The highest BCUT2D eigenvalue weighted by molar-refractivity contribution is 7.18. The summed E-state index contributed by atoms with van der Waals surface area (Å²) < 4.78 is 0. The van der Waals surface area contributed by atoms with Crippen molar-refractivity contribution in [3.8, 4) is 0 Å². The Kier molecular flexibility index (Phi) is 6.05. The van der Waals surface area contributed by atoms with Crippen LogP contribution in [0.4, 0.5) is 5.82 Å². The van der Waals surface area contributed by atoms with Crippen LogP contribution in [0, 0.1) is 6.92 Å². The molecule has 0 bridgehead atoms. The number of thiophene rings is 1. The van der Waals surface area contributed by atoms with Gasteiger partial charge in [-0.1, -0.05) is 49.4 Å². The summed E-state index contributed by atoms with van der Waals surface area (Å²) in [6.07, 6.45) is 0.993. The Morgan fingerprint density at radius 2 is 1.70 bits per heavy atom. The Labute approximate surface area is 180 Å². The molecule has 0 spiro atoms. The first kappa shape index (κ1) is 20.0. The van der Waals surface area contributed by atoms with E-state index in [4.69, 9.17) is 0 Å². The van der Waals surface area contributed by atoms with E-state index in [1.807, 2.05) is 61.5 Å². The van der Waals surface area contributed by atoms with Crippen molar-refractivity contribution in [3.63, 3.8) is 0 Å². The van der Waals surface area contributed by atoms with Crippen molar-refractivity contribution >= 4 is 33.3 Å². The highest BCUT2D eigenvalue weighted by Gasteiger charge is 2.10. The van der Waals surface area contributed by atoms with E-state index < -0.39 is 0 Å². The highest BCUT2D eigenvalue weighted by atomic mass is 32.1. The Morgan fingerprint density at radius 3 is 2.43 bits per heavy atom. The van der Waals surface area contributed by atoms with Crippen molar-refractivity contribution in [2.75, 3.05) is 5.32 Å². The predicted molar refractivity (Wildman–Crippen MR) is 123 cm³/mol. The molecule has 0 unspecified atom stereocenters. The standard InChI is InChI=1S/C24H24N4OS/c1-3-20-13-21-22(27-16(2)28-24(21)30-20)25-14-18-9-11-19(12-10-18)23(29)26-15-17-7-5-4-6-8-17/h4-13H,3,14-15H2,1-2H3,(H,26,29)(H,25,27,28). The van der Waals surface area contributed by atoms with Gasteiger partial charge in [0.05, 0.1) is 5.39 Å². The van der Waals surface area contributed by atoms with Crippen LogP contribution in [-0.2, 0) is 19.5 Å². The summed E-state index contributed by atoms with van der Waals surface area (Å²) in [7, 11) is 0. The van der Waals surface area contributed by atoms with Crippen molar-refractivity contribution in [1.29, 1.82) is 0 Å². The third kappa shape index (κ3) is 4.66. The first-order chi connectivity index (χ1) is 14.6. The quantitative estimate of drug-likeness (QED) is 0.440. The summed E-state index contributed by atoms with van der Waals surface area (Å²) >= 11 is 1.72. The summed E-state index contributed by atoms with van der Waals surface area (Å²) in [5, 5.41) is 7.46. The second-order valence-corrected chi connectivity index (χ2v) is 8.24. The molecule has 2 N–H and O–H groups in total. The monoisotopic (exact) mass is 416 g/mol. The zero-order valence-electron chi connectivity index (χ0n) is 17.1. The lowest BCUT2D eigenvalue weighted by molar-refractivity contribution is 0.0951. The summed E-state index contributed by atoms with van der Waals surface area (Å²) in [6, 6.07) is 19.7. The number of aromatic nitrogens is 2. The molecule has 0 saturated heterocycles. The fourth-order valence-electron chi connectivity index (χ4n) is 3.23. The molecule has 2 heterocycles. The summed E-state index contributed by atoms with van der Waals surface area (Å²) in [6.45, 7) is 5.22. The van der Waals surface area contributed by atoms with Gasteiger partial charge in [0.2, 0.25) is 0 Å². The van der Waals surface area contributed by atoms with Crippen LogP contribution in [0.3, 0.4) is 0 Å². The summed E-state index contributed by atoms with van der Waals surface area (Å²) in [4.78, 5) is 23.8. The molecule has 0 aliphatic heterocycles. The van der Waals surface area contributed by atoms with Crippen LogP contribution >= 0.6 is 11.3 Å². The van der Waals surface area contributed by atoms with Crippen LogP contribution in [0.2, 0.25) is 0 Å². The van der Waals surface area contributed by atoms with Gasteiger partial charge in [0, 0.05) is 23.5 Å². The van der Waals surface area contributed by atoms with E-state index in [1.54, 1.807) is 11.3 Å². The maximum absolute atomic E-state index is 12.4. The smallest absolute Gasteiger partial charge is 0.251 e. The molecule has 2 aromatic heterocycles. The number of fused-ring (bicyclic) bond motifs is 1. The summed E-state index contributed by atoms with van der Waals surface area (Å²) in [5.41, 5.74) is 2.82. The lowest BCUT2D eigenvalue weighted by atomic mass is 10.1. The van der Waals surface area contributed by atoms with E-state index in [0.29, 0.717) is 18.7 Å². The van der Waals surface area contributed by atoms with Crippen LogP contribution in [-0.4, -0.2) is 15.9 Å². The molecule has 1 amide bonds. The van der Waals surface area contributed by atoms with Gasteiger partial charge < -0.3 is 10.6 Å². The number of rotatable bonds is 7. The molecular formula is C24H24N4OS. The number of amides is 1. The van der Waals surface area contributed by atoms with Crippen molar-refractivity contribution in [3.05, 3.63) is 88.1 Å². The Balaban J connectivity index is 1.40. The van der Waals surface area contributed by atoms with Crippen LogP contribution in [0.1, 0.15) is 39.1 Å². The molecule has 0 radical (unpaired) electrons. The molecule has 4 aromatic rings. The normalized spacial score (nSPS) is 10.9. The van der Waals surface area contributed by atoms with E-state index in [-0.39, 0.29) is 5.91 Å². The molecular weight excluding hydrogens is 392 g/mol. The second-order valence-electron chi connectivity index (χ2n) is 7.12. The van der Waals surface area contributed by atoms with Gasteiger partial charge in [0.1, 0.15) is 16.5 Å². The van der Waals surface area contributed by atoms with Gasteiger partial charge in [-0.05, 0) is 42.7 Å². The topological polar surface area (TPSA) is 66.9 Å². The highest BCUT2D eigenvalue weighted by Crippen LogP contribution is 2.29. The molecule has 0 saturated carbocycles. The number of carbonyl (C=O) groups is 1. The molecule has 0 fully saturated rings. The van der Waals surface area contributed by atoms with Gasteiger partial charge >= 0.3 is 0 Å². The zero-order chi connectivity index (χ0) is 20.9. The predicted octanol–water partition coefficient (Wildman–Crippen LogP) is 5.10. The number of nitrogens with one attached hydrogen (secondary N) is 2. The molecule has 2 aromatic carbocycles. The van der Waals surface area contributed by atoms with E-state index in [0.717, 1.165) is 39.4 Å². The Morgan fingerprint density at radius 1 is 0.967 bits per heavy atom. The minimum absolute atomic E-state index is 0.0723. The van der Waals surface area contributed by atoms with Crippen molar-refractivity contribution in [1.82, 2.24) is 15.3 Å². The Hall–Kier alpha value is -3.25. The maximum Gasteiger partial charge on any atom is 0.251 e. The number of carbonyl (C=O) groups excluding carboxylic acids is 1. The fraction of sp³-hybridized carbons (Fsp3) is 0.208. The zero-order valence-corrected chi connectivity index (χ0v) is 17.9. The number of nitrogens with zero attached hydrogens (tertiary/aromatic N) is 2. The van der Waals surface area contributed by atoms with Gasteiger partial charge in [-0.25, -0.2) is 9.97 Å². The molecule has 5 nitrogen and oxygen atoms in total. The molecule has 30 heavy (non-hydrogen) atoms. The maximum atomic E-state index is 12.4.